The lowest BCUT2D eigenvalue weighted by molar-refractivity contribution is 0.469. The van der Waals surface area contributed by atoms with E-state index in [2.05, 4.69) is 20.3 Å². The van der Waals surface area contributed by atoms with Crippen LogP contribution >= 0.6 is 11.6 Å². The normalized spacial score (nSPS) is 11.3. The minimum absolute atomic E-state index is 0.452. The molecular weight excluding hydrogens is 366 g/mol. The smallest absolute Gasteiger partial charge is 0.247 e. The maximum atomic E-state index is 6.37. The van der Waals surface area contributed by atoms with Gasteiger partial charge >= 0.3 is 0 Å². The molecule has 0 fully saturated rings. The van der Waals surface area contributed by atoms with Crippen LogP contribution in [0.5, 0.6) is 11.6 Å². The van der Waals surface area contributed by atoms with Crippen molar-refractivity contribution in [1.29, 1.82) is 0 Å². The molecule has 0 aliphatic carbocycles. The SMILES string of the molecule is Cc1nn2c(nc(Oc3ccc(-c4nnco4)cc3)c3ccccc32)c1Cl. The van der Waals surface area contributed by atoms with Crippen molar-refractivity contribution in [3.05, 3.63) is 65.6 Å². The van der Waals surface area contributed by atoms with Gasteiger partial charge in [-0.05, 0) is 43.3 Å². The van der Waals surface area contributed by atoms with E-state index in [9.17, 15) is 0 Å². The first-order chi connectivity index (χ1) is 13.2. The van der Waals surface area contributed by atoms with Crippen molar-refractivity contribution >= 4 is 28.2 Å². The average Bonchev–Trinajstić information content (AvgIpc) is 3.33. The zero-order valence-electron chi connectivity index (χ0n) is 14.1. The number of ether oxygens (including phenoxy) is 1. The van der Waals surface area contributed by atoms with Crippen LogP contribution in [0.1, 0.15) is 5.69 Å². The first-order valence-electron chi connectivity index (χ1n) is 8.19. The Bertz CT molecular complexity index is 1260. The summed E-state index contributed by atoms with van der Waals surface area (Å²) < 4.78 is 13.0. The Labute approximate surface area is 158 Å². The maximum Gasteiger partial charge on any atom is 0.247 e. The molecule has 7 nitrogen and oxygen atoms in total. The third-order valence-electron chi connectivity index (χ3n) is 4.21. The van der Waals surface area contributed by atoms with Gasteiger partial charge in [-0.1, -0.05) is 23.7 Å². The summed E-state index contributed by atoms with van der Waals surface area (Å²) in [6.45, 7) is 1.85. The Hall–Kier alpha value is -3.45. The summed E-state index contributed by atoms with van der Waals surface area (Å²) in [6, 6.07) is 15.1. The highest BCUT2D eigenvalue weighted by Crippen LogP contribution is 2.32. The maximum absolute atomic E-state index is 6.37. The summed E-state index contributed by atoms with van der Waals surface area (Å²) in [4.78, 5) is 4.60. The quantitative estimate of drug-likeness (QED) is 0.454. The third kappa shape index (κ3) is 2.60. The molecule has 3 aromatic heterocycles. The van der Waals surface area contributed by atoms with Crippen LogP contribution in [0.4, 0.5) is 0 Å². The van der Waals surface area contributed by atoms with Gasteiger partial charge in [0, 0.05) is 5.56 Å². The van der Waals surface area contributed by atoms with Gasteiger partial charge in [-0.2, -0.15) is 10.1 Å². The standard InChI is InChI=1S/C19H12ClN5O2/c1-11-16(20)17-22-19(14-4-2-3-5-15(14)25(17)24-11)27-13-8-6-12(7-9-13)18-23-21-10-26-18/h2-10H,1H3. The number of aromatic nitrogens is 5. The molecular formula is C19H12ClN5O2. The molecule has 0 saturated heterocycles. The molecule has 0 amide bonds. The van der Waals surface area contributed by atoms with E-state index < -0.39 is 0 Å². The molecule has 8 heteroatoms. The zero-order valence-corrected chi connectivity index (χ0v) is 14.9. The topological polar surface area (TPSA) is 78.3 Å². The van der Waals surface area contributed by atoms with Gasteiger partial charge in [-0.25, -0.2) is 4.52 Å². The van der Waals surface area contributed by atoms with Gasteiger partial charge in [0.15, 0.2) is 5.65 Å². The van der Waals surface area contributed by atoms with Gasteiger partial charge in [0.05, 0.1) is 16.6 Å². The second kappa shape index (κ2) is 6.07. The van der Waals surface area contributed by atoms with Crippen molar-refractivity contribution < 1.29 is 9.15 Å². The molecule has 0 radical (unpaired) electrons. The van der Waals surface area contributed by atoms with Gasteiger partial charge in [-0.15, -0.1) is 10.2 Å². The van der Waals surface area contributed by atoms with E-state index in [4.69, 9.17) is 20.8 Å². The molecule has 132 valence electrons. The number of hydrogen-bond donors (Lipinski definition) is 0. The number of aryl methyl sites for hydroxylation is 1. The van der Waals surface area contributed by atoms with Crippen LogP contribution in [0, 0.1) is 6.92 Å². The average molecular weight is 378 g/mol. The summed E-state index contributed by atoms with van der Waals surface area (Å²) >= 11 is 6.37. The van der Waals surface area contributed by atoms with Gasteiger partial charge in [-0.3, -0.25) is 0 Å². The number of nitrogens with zero attached hydrogens (tertiary/aromatic N) is 5. The predicted octanol–water partition coefficient (Wildman–Crippen LogP) is 4.69. The number of fused-ring (bicyclic) bond motifs is 3. The number of halogens is 1. The lowest BCUT2D eigenvalue weighted by Gasteiger charge is -2.09. The van der Waals surface area contributed by atoms with E-state index in [-0.39, 0.29) is 0 Å². The lowest BCUT2D eigenvalue weighted by atomic mass is 10.2. The summed E-state index contributed by atoms with van der Waals surface area (Å²) in [7, 11) is 0. The number of hydrogen-bond acceptors (Lipinski definition) is 6. The molecule has 2 aromatic carbocycles. The van der Waals surface area contributed by atoms with Crippen molar-refractivity contribution in [2.24, 2.45) is 0 Å². The molecule has 5 rings (SSSR count). The summed E-state index contributed by atoms with van der Waals surface area (Å²) in [6.07, 6.45) is 1.29. The van der Waals surface area contributed by atoms with E-state index in [1.807, 2.05) is 55.5 Å². The van der Waals surface area contributed by atoms with E-state index in [0.29, 0.717) is 28.2 Å². The zero-order chi connectivity index (χ0) is 18.4. The van der Waals surface area contributed by atoms with E-state index >= 15 is 0 Å². The van der Waals surface area contributed by atoms with Crippen LogP contribution in [0.15, 0.2) is 59.3 Å². The van der Waals surface area contributed by atoms with Gasteiger partial charge in [0.25, 0.3) is 0 Å². The molecule has 0 N–H and O–H groups in total. The first kappa shape index (κ1) is 15.8. The van der Waals surface area contributed by atoms with Gasteiger partial charge < -0.3 is 9.15 Å². The molecule has 0 atom stereocenters. The molecule has 27 heavy (non-hydrogen) atoms. The molecule has 5 aromatic rings. The Morgan fingerprint density at radius 3 is 2.67 bits per heavy atom. The second-order valence-electron chi connectivity index (χ2n) is 5.94. The molecule has 0 aliphatic rings. The molecule has 0 aliphatic heterocycles. The summed E-state index contributed by atoms with van der Waals surface area (Å²) in [5.74, 6) is 1.55. The fraction of sp³-hybridized carbons (Fsp3) is 0.0526. The fourth-order valence-corrected chi connectivity index (χ4v) is 3.07. The summed E-state index contributed by atoms with van der Waals surface area (Å²) in [5, 5.41) is 13.4. The second-order valence-corrected chi connectivity index (χ2v) is 6.32. The predicted molar refractivity (Wildman–Crippen MR) is 100 cm³/mol. The third-order valence-corrected chi connectivity index (χ3v) is 4.65. The van der Waals surface area contributed by atoms with E-state index in [1.54, 1.807) is 4.52 Å². The van der Waals surface area contributed by atoms with Gasteiger partial charge in [0.1, 0.15) is 10.8 Å². The van der Waals surface area contributed by atoms with E-state index in [1.165, 1.54) is 6.39 Å². The minimum Gasteiger partial charge on any atom is -0.438 e. The highest BCUT2D eigenvalue weighted by atomic mass is 35.5. The molecule has 3 heterocycles. The Balaban J connectivity index is 1.60. The highest BCUT2D eigenvalue weighted by molar-refractivity contribution is 6.34. The Kier molecular flexibility index (Phi) is 3.54. The lowest BCUT2D eigenvalue weighted by Crippen LogP contribution is -1.97. The summed E-state index contributed by atoms with van der Waals surface area (Å²) in [5.41, 5.74) is 2.96. The molecule has 0 spiro atoms. The Morgan fingerprint density at radius 2 is 1.89 bits per heavy atom. The fourth-order valence-electron chi connectivity index (χ4n) is 2.91. The van der Waals surface area contributed by atoms with Gasteiger partial charge in [0.2, 0.25) is 18.2 Å². The van der Waals surface area contributed by atoms with Crippen LogP contribution in [0.3, 0.4) is 0 Å². The van der Waals surface area contributed by atoms with Crippen molar-refractivity contribution in [3.63, 3.8) is 0 Å². The Morgan fingerprint density at radius 1 is 1.07 bits per heavy atom. The van der Waals surface area contributed by atoms with Crippen molar-refractivity contribution in [3.8, 4) is 23.1 Å². The van der Waals surface area contributed by atoms with Crippen LogP contribution in [-0.2, 0) is 0 Å². The van der Waals surface area contributed by atoms with Crippen LogP contribution < -0.4 is 4.74 Å². The van der Waals surface area contributed by atoms with Crippen molar-refractivity contribution in [1.82, 2.24) is 24.8 Å². The molecule has 0 unspecified atom stereocenters. The number of benzene rings is 2. The molecule has 0 saturated carbocycles. The number of para-hydroxylation sites is 1. The van der Waals surface area contributed by atoms with Crippen LogP contribution in [0.2, 0.25) is 5.02 Å². The monoisotopic (exact) mass is 377 g/mol. The van der Waals surface area contributed by atoms with E-state index in [0.717, 1.165) is 22.2 Å². The minimum atomic E-state index is 0.452. The number of rotatable bonds is 3. The van der Waals surface area contributed by atoms with Crippen LogP contribution in [0.25, 0.3) is 28.0 Å². The van der Waals surface area contributed by atoms with Crippen molar-refractivity contribution in [2.45, 2.75) is 6.92 Å². The van der Waals surface area contributed by atoms with Crippen molar-refractivity contribution in [2.75, 3.05) is 0 Å². The highest BCUT2D eigenvalue weighted by Gasteiger charge is 2.16. The molecule has 0 bridgehead atoms. The largest absolute Gasteiger partial charge is 0.438 e. The first-order valence-corrected chi connectivity index (χ1v) is 8.56. The van der Waals surface area contributed by atoms with Crippen LogP contribution in [-0.4, -0.2) is 24.8 Å².